The molecule has 2 aromatic carbocycles. The van der Waals surface area contributed by atoms with E-state index in [2.05, 4.69) is 0 Å². The number of hydrogen-bond donors (Lipinski definition) is 1. The molecule has 24 heavy (non-hydrogen) atoms. The van der Waals surface area contributed by atoms with Crippen molar-refractivity contribution >= 4 is 11.6 Å². The van der Waals surface area contributed by atoms with Crippen LogP contribution in [0.3, 0.4) is 0 Å². The number of methoxy groups -OCH3 is 2. The van der Waals surface area contributed by atoms with Crippen molar-refractivity contribution in [3.63, 3.8) is 0 Å². The summed E-state index contributed by atoms with van der Waals surface area (Å²) in [4.78, 5) is 0. The van der Waals surface area contributed by atoms with Crippen LogP contribution in [0.5, 0.6) is 23.0 Å². The molecule has 130 valence electrons. The fourth-order valence-electron chi connectivity index (χ4n) is 2.22. The SMILES string of the molecule is COc1cccc(OCCOc2c(Cl)cc(CCN)cc2OC)c1. The average Bonchev–Trinajstić information content (AvgIpc) is 2.60. The van der Waals surface area contributed by atoms with Crippen LogP contribution in [0.25, 0.3) is 0 Å². The molecule has 0 unspecified atom stereocenters. The lowest BCUT2D eigenvalue weighted by Gasteiger charge is -2.14. The van der Waals surface area contributed by atoms with E-state index in [0.29, 0.717) is 42.0 Å². The zero-order valence-electron chi connectivity index (χ0n) is 13.9. The zero-order chi connectivity index (χ0) is 17.4. The minimum absolute atomic E-state index is 0.337. The van der Waals surface area contributed by atoms with Crippen molar-refractivity contribution in [2.75, 3.05) is 34.0 Å². The lowest BCUT2D eigenvalue weighted by Crippen LogP contribution is -2.10. The van der Waals surface area contributed by atoms with Gasteiger partial charge >= 0.3 is 0 Å². The molecule has 6 heteroatoms. The van der Waals surface area contributed by atoms with Gasteiger partial charge in [0.2, 0.25) is 0 Å². The highest BCUT2D eigenvalue weighted by Gasteiger charge is 2.12. The summed E-state index contributed by atoms with van der Waals surface area (Å²) in [5, 5.41) is 0.499. The second-order valence-electron chi connectivity index (χ2n) is 5.02. The van der Waals surface area contributed by atoms with Crippen molar-refractivity contribution < 1.29 is 18.9 Å². The van der Waals surface area contributed by atoms with Crippen LogP contribution < -0.4 is 24.7 Å². The molecular formula is C18H22ClNO4. The molecule has 0 bridgehead atoms. The van der Waals surface area contributed by atoms with Gasteiger partial charge in [0.05, 0.1) is 19.2 Å². The maximum absolute atomic E-state index is 6.28. The maximum atomic E-state index is 6.28. The Hall–Kier alpha value is -2.11. The summed E-state index contributed by atoms with van der Waals surface area (Å²) >= 11 is 6.28. The number of ether oxygens (including phenoxy) is 4. The summed E-state index contributed by atoms with van der Waals surface area (Å²) < 4.78 is 21.9. The topological polar surface area (TPSA) is 62.9 Å². The van der Waals surface area contributed by atoms with Gasteiger partial charge < -0.3 is 24.7 Å². The van der Waals surface area contributed by atoms with Crippen molar-refractivity contribution in [1.29, 1.82) is 0 Å². The third kappa shape index (κ3) is 4.94. The van der Waals surface area contributed by atoms with Gasteiger partial charge in [0, 0.05) is 6.07 Å². The minimum atomic E-state index is 0.337. The molecule has 0 atom stereocenters. The Bertz CT molecular complexity index is 663. The van der Waals surface area contributed by atoms with E-state index in [1.165, 1.54) is 0 Å². The predicted octanol–water partition coefficient (Wildman–Crippen LogP) is 3.32. The normalized spacial score (nSPS) is 10.3. The van der Waals surface area contributed by atoms with E-state index < -0.39 is 0 Å². The molecular weight excluding hydrogens is 330 g/mol. The molecule has 2 N–H and O–H groups in total. The highest BCUT2D eigenvalue weighted by Crippen LogP contribution is 2.36. The molecule has 0 aromatic heterocycles. The van der Waals surface area contributed by atoms with Crippen LogP contribution >= 0.6 is 11.6 Å². The largest absolute Gasteiger partial charge is 0.497 e. The van der Waals surface area contributed by atoms with Crippen molar-refractivity contribution in [3.05, 3.63) is 47.0 Å². The van der Waals surface area contributed by atoms with E-state index in [1.54, 1.807) is 14.2 Å². The minimum Gasteiger partial charge on any atom is -0.497 e. The van der Waals surface area contributed by atoms with Crippen LogP contribution in [-0.4, -0.2) is 34.0 Å². The first-order valence-corrected chi connectivity index (χ1v) is 8.02. The Morgan fingerprint density at radius 3 is 2.42 bits per heavy atom. The molecule has 2 aromatic rings. The zero-order valence-corrected chi connectivity index (χ0v) is 14.6. The second kappa shape index (κ2) is 9.25. The lowest BCUT2D eigenvalue weighted by atomic mass is 10.1. The monoisotopic (exact) mass is 351 g/mol. The first-order valence-electron chi connectivity index (χ1n) is 7.64. The number of nitrogens with two attached hydrogens (primary N) is 1. The molecule has 5 nitrogen and oxygen atoms in total. The van der Waals surface area contributed by atoms with E-state index in [1.807, 2.05) is 36.4 Å². The van der Waals surface area contributed by atoms with Gasteiger partial charge in [-0.2, -0.15) is 0 Å². The summed E-state index contributed by atoms with van der Waals surface area (Å²) in [5.74, 6) is 2.56. The van der Waals surface area contributed by atoms with Crippen LogP contribution in [0.2, 0.25) is 5.02 Å². The van der Waals surface area contributed by atoms with Gasteiger partial charge in [0.15, 0.2) is 11.5 Å². The maximum Gasteiger partial charge on any atom is 0.179 e. The summed E-state index contributed by atoms with van der Waals surface area (Å²) in [5.41, 5.74) is 6.59. The Morgan fingerprint density at radius 1 is 0.958 bits per heavy atom. The summed E-state index contributed by atoms with van der Waals surface area (Å²) in [6.07, 6.45) is 0.731. The van der Waals surface area contributed by atoms with Crippen LogP contribution in [0.1, 0.15) is 5.56 Å². The lowest BCUT2D eigenvalue weighted by molar-refractivity contribution is 0.211. The molecule has 0 aliphatic heterocycles. The van der Waals surface area contributed by atoms with E-state index in [4.69, 9.17) is 36.3 Å². The van der Waals surface area contributed by atoms with Crippen molar-refractivity contribution in [2.24, 2.45) is 5.73 Å². The Morgan fingerprint density at radius 2 is 1.71 bits per heavy atom. The third-order valence-corrected chi connectivity index (χ3v) is 3.64. The van der Waals surface area contributed by atoms with E-state index in [-0.39, 0.29) is 0 Å². The van der Waals surface area contributed by atoms with Crippen molar-refractivity contribution in [1.82, 2.24) is 0 Å². The van der Waals surface area contributed by atoms with Crippen molar-refractivity contribution in [3.8, 4) is 23.0 Å². The quantitative estimate of drug-likeness (QED) is 0.702. The molecule has 2 rings (SSSR count). The molecule has 0 radical (unpaired) electrons. The molecule has 0 fully saturated rings. The van der Waals surface area contributed by atoms with Gasteiger partial charge in [-0.15, -0.1) is 0 Å². The van der Waals surface area contributed by atoms with Gasteiger partial charge in [-0.1, -0.05) is 17.7 Å². The number of benzene rings is 2. The molecule has 0 amide bonds. The fourth-order valence-corrected chi connectivity index (χ4v) is 2.51. The number of hydrogen-bond acceptors (Lipinski definition) is 5. The average molecular weight is 352 g/mol. The van der Waals surface area contributed by atoms with Crippen LogP contribution in [0.15, 0.2) is 36.4 Å². The fraction of sp³-hybridized carbons (Fsp3) is 0.333. The highest BCUT2D eigenvalue weighted by molar-refractivity contribution is 6.32. The summed E-state index contributed by atoms with van der Waals surface area (Å²) in [6, 6.07) is 11.1. The standard InChI is InChI=1S/C18H22ClNO4/c1-21-14-4-3-5-15(12-14)23-8-9-24-18-16(19)10-13(6-7-20)11-17(18)22-2/h3-5,10-12H,6-9,20H2,1-2H3. The van der Waals surface area contributed by atoms with E-state index in [0.717, 1.165) is 17.7 Å². The van der Waals surface area contributed by atoms with Crippen LogP contribution in [0.4, 0.5) is 0 Å². The Labute approximate surface area is 147 Å². The number of halogens is 1. The van der Waals surface area contributed by atoms with Gasteiger partial charge in [-0.25, -0.2) is 0 Å². The van der Waals surface area contributed by atoms with Crippen molar-refractivity contribution in [2.45, 2.75) is 6.42 Å². The number of rotatable bonds is 9. The van der Waals surface area contributed by atoms with E-state index in [9.17, 15) is 0 Å². The first-order chi connectivity index (χ1) is 11.7. The molecule has 0 saturated carbocycles. The molecule has 0 saturated heterocycles. The second-order valence-corrected chi connectivity index (χ2v) is 5.43. The Balaban J connectivity index is 1.93. The third-order valence-electron chi connectivity index (χ3n) is 3.36. The molecule has 0 aliphatic rings. The van der Waals surface area contributed by atoms with Gasteiger partial charge in [0.25, 0.3) is 0 Å². The van der Waals surface area contributed by atoms with Gasteiger partial charge in [0.1, 0.15) is 24.7 Å². The summed E-state index contributed by atoms with van der Waals surface area (Å²) in [6.45, 7) is 1.26. The molecule has 0 spiro atoms. The molecule has 0 aliphatic carbocycles. The predicted molar refractivity (Wildman–Crippen MR) is 94.7 cm³/mol. The summed E-state index contributed by atoms with van der Waals surface area (Å²) in [7, 11) is 3.20. The van der Waals surface area contributed by atoms with Crippen LogP contribution in [-0.2, 0) is 6.42 Å². The molecule has 0 heterocycles. The van der Waals surface area contributed by atoms with Gasteiger partial charge in [-0.05, 0) is 42.8 Å². The van der Waals surface area contributed by atoms with E-state index >= 15 is 0 Å². The Kier molecular flexibility index (Phi) is 7.03. The highest BCUT2D eigenvalue weighted by atomic mass is 35.5. The van der Waals surface area contributed by atoms with Gasteiger partial charge in [-0.3, -0.25) is 0 Å². The first kappa shape index (κ1) is 18.2. The smallest absolute Gasteiger partial charge is 0.179 e. The van der Waals surface area contributed by atoms with Crippen LogP contribution in [0, 0.1) is 0 Å².